The van der Waals surface area contributed by atoms with Gasteiger partial charge in [-0.1, -0.05) is 48.5 Å². The van der Waals surface area contributed by atoms with Gasteiger partial charge in [-0.15, -0.1) is 0 Å². The van der Waals surface area contributed by atoms with Gasteiger partial charge < -0.3 is 19.4 Å². The summed E-state index contributed by atoms with van der Waals surface area (Å²) in [5.74, 6) is 0.923. The van der Waals surface area contributed by atoms with Crippen molar-refractivity contribution in [1.29, 1.82) is 0 Å². The number of nitrogens with one attached hydrogen (secondary N) is 3. The number of nitrogens with zero attached hydrogens (tertiary/aromatic N) is 1. The fourth-order valence-corrected chi connectivity index (χ4v) is 4.50. The van der Waals surface area contributed by atoms with E-state index in [2.05, 4.69) is 51.7 Å². The van der Waals surface area contributed by atoms with Crippen LogP contribution in [-0.4, -0.2) is 34.5 Å². The molecule has 31 heavy (non-hydrogen) atoms. The minimum Gasteiger partial charge on any atom is -0.357 e. The largest absolute Gasteiger partial charge is 0.357 e. The Morgan fingerprint density at radius 1 is 1.00 bits per heavy atom. The van der Waals surface area contributed by atoms with Crippen LogP contribution in [0.2, 0.25) is 0 Å². The number of hydrogen-bond acceptors (Lipinski definition) is 4. The van der Waals surface area contributed by atoms with Gasteiger partial charge in [0.15, 0.2) is 6.29 Å². The van der Waals surface area contributed by atoms with Crippen LogP contribution in [0.15, 0.2) is 60.8 Å². The summed E-state index contributed by atoms with van der Waals surface area (Å²) < 4.78 is 12.0. The first kappa shape index (κ1) is 20.0. The first-order valence-electron chi connectivity index (χ1n) is 11.0. The zero-order valence-corrected chi connectivity index (χ0v) is 17.9. The monoisotopic (exact) mass is 416 g/mol. The van der Waals surface area contributed by atoms with Crippen molar-refractivity contribution in [1.82, 2.24) is 20.3 Å². The molecule has 0 bridgehead atoms. The SMILES string of the molecule is CCOC(OCC)[C@@H]1NC(c2nc(-c3ccccc3)c[nH]2)Cc2c1[nH]c1ccccc21. The highest BCUT2D eigenvalue weighted by Gasteiger charge is 2.37. The number of H-pyrrole nitrogens is 2. The van der Waals surface area contributed by atoms with Gasteiger partial charge in [-0.05, 0) is 31.9 Å². The maximum atomic E-state index is 6.00. The van der Waals surface area contributed by atoms with Crippen molar-refractivity contribution in [2.45, 2.75) is 38.6 Å². The van der Waals surface area contributed by atoms with E-state index in [-0.39, 0.29) is 18.4 Å². The lowest BCUT2D eigenvalue weighted by atomic mass is 9.93. The molecule has 1 aliphatic rings. The predicted octanol–water partition coefficient (Wildman–Crippen LogP) is 4.89. The molecule has 0 fully saturated rings. The summed E-state index contributed by atoms with van der Waals surface area (Å²) in [6.45, 7) is 5.16. The first-order chi connectivity index (χ1) is 15.3. The minimum atomic E-state index is -0.381. The van der Waals surface area contributed by atoms with E-state index in [1.165, 1.54) is 10.9 Å². The molecule has 0 amide bonds. The molecule has 6 nitrogen and oxygen atoms in total. The maximum Gasteiger partial charge on any atom is 0.178 e. The summed E-state index contributed by atoms with van der Waals surface area (Å²) in [5.41, 5.74) is 5.62. The number of rotatable bonds is 7. The van der Waals surface area contributed by atoms with Crippen molar-refractivity contribution in [2.24, 2.45) is 0 Å². The second-order valence-corrected chi connectivity index (χ2v) is 7.78. The molecule has 0 saturated carbocycles. The van der Waals surface area contributed by atoms with Gasteiger partial charge in [0.1, 0.15) is 5.82 Å². The van der Waals surface area contributed by atoms with Gasteiger partial charge in [-0.3, -0.25) is 5.32 Å². The molecule has 1 aliphatic heterocycles. The number of aromatic amines is 2. The zero-order chi connectivity index (χ0) is 21.2. The van der Waals surface area contributed by atoms with E-state index in [1.54, 1.807) is 0 Å². The van der Waals surface area contributed by atoms with Crippen molar-refractivity contribution in [3.8, 4) is 11.3 Å². The van der Waals surface area contributed by atoms with Crippen molar-refractivity contribution in [3.63, 3.8) is 0 Å². The van der Waals surface area contributed by atoms with E-state index in [0.717, 1.165) is 34.7 Å². The quantitative estimate of drug-likeness (QED) is 0.375. The molecule has 2 aromatic carbocycles. The normalized spacial score (nSPS) is 18.5. The number of ether oxygens (including phenoxy) is 2. The number of hydrogen-bond donors (Lipinski definition) is 3. The smallest absolute Gasteiger partial charge is 0.178 e. The lowest BCUT2D eigenvalue weighted by Gasteiger charge is -2.35. The zero-order valence-electron chi connectivity index (χ0n) is 17.9. The van der Waals surface area contributed by atoms with Crippen LogP contribution in [-0.2, 0) is 15.9 Å². The Bertz CT molecular complexity index is 1140. The van der Waals surface area contributed by atoms with Crippen molar-refractivity contribution >= 4 is 10.9 Å². The lowest BCUT2D eigenvalue weighted by molar-refractivity contribution is -0.158. The summed E-state index contributed by atoms with van der Waals surface area (Å²) in [7, 11) is 0. The van der Waals surface area contributed by atoms with Gasteiger partial charge in [0.25, 0.3) is 0 Å². The van der Waals surface area contributed by atoms with Crippen LogP contribution in [0.4, 0.5) is 0 Å². The van der Waals surface area contributed by atoms with Gasteiger partial charge in [0.05, 0.1) is 17.8 Å². The van der Waals surface area contributed by atoms with E-state index >= 15 is 0 Å². The first-order valence-corrected chi connectivity index (χ1v) is 11.0. The van der Waals surface area contributed by atoms with Gasteiger partial charge in [0, 0.05) is 41.6 Å². The molecule has 1 unspecified atom stereocenters. The van der Waals surface area contributed by atoms with Crippen LogP contribution in [0.3, 0.4) is 0 Å². The molecule has 5 rings (SSSR count). The van der Waals surface area contributed by atoms with Crippen LogP contribution in [0.25, 0.3) is 22.2 Å². The number of para-hydroxylation sites is 1. The summed E-state index contributed by atoms with van der Waals surface area (Å²) >= 11 is 0. The summed E-state index contributed by atoms with van der Waals surface area (Å²) in [4.78, 5) is 11.9. The van der Waals surface area contributed by atoms with Crippen LogP contribution < -0.4 is 5.32 Å². The predicted molar refractivity (Wildman–Crippen MR) is 122 cm³/mol. The Labute approximate surface area is 182 Å². The third kappa shape index (κ3) is 3.78. The summed E-state index contributed by atoms with van der Waals surface area (Å²) in [6, 6.07) is 18.6. The second kappa shape index (κ2) is 8.67. The van der Waals surface area contributed by atoms with Gasteiger partial charge in [0.2, 0.25) is 0 Å². The van der Waals surface area contributed by atoms with Gasteiger partial charge >= 0.3 is 0 Å². The Morgan fingerprint density at radius 2 is 1.74 bits per heavy atom. The number of aromatic nitrogens is 3. The number of benzene rings is 2. The molecule has 6 heteroatoms. The molecule has 3 heterocycles. The molecule has 0 radical (unpaired) electrons. The highest BCUT2D eigenvalue weighted by molar-refractivity contribution is 5.85. The van der Waals surface area contributed by atoms with E-state index in [0.29, 0.717) is 13.2 Å². The third-order valence-corrected chi connectivity index (χ3v) is 5.88. The molecular weight excluding hydrogens is 388 g/mol. The molecule has 0 spiro atoms. The topological polar surface area (TPSA) is 75.0 Å². The fraction of sp³-hybridized carbons (Fsp3) is 0.320. The highest BCUT2D eigenvalue weighted by Crippen LogP contribution is 2.38. The van der Waals surface area contributed by atoms with E-state index < -0.39 is 0 Å². The third-order valence-electron chi connectivity index (χ3n) is 5.88. The fourth-order valence-electron chi connectivity index (χ4n) is 4.50. The lowest BCUT2D eigenvalue weighted by Crippen LogP contribution is -2.42. The molecule has 160 valence electrons. The molecule has 2 atom stereocenters. The minimum absolute atomic E-state index is 0.0255. The second-order valence-electron chi connectivity index (χ2n) is 7.78. The van der Waals surface area contributed by atoms with E-state index in [9.17, 15) is 0 Å². The van der Waals surface area contributed by atoms with Crippen LogP contribution in [0.1, 0.15) is 43.0 Å². The van der Waals surface area contributed by atoms with Crippen molar-refractivity contribution < 1.29 is 9.47 Å². The van der Waals surface area contributed by atoms with Gasteiger partial charge in [-0.2, -0.15) is 0 Å². The van der Waals surface area contributed by atoms with Crippen LogP contribution in [0.5, 0.6) is 0 Å². The Kier molecular flexibility index (Phi) is 5.59. The van der Waals surface area contributed by atoms with Crippen LogP contribution >= 0.6 is 0 Å². The highest BCUT2D eigenvalue weighted by atomic mass is 16.7. The molecule has 0 aliphatic carbocycles. The molecule has 2 aromatic heterocycles. The van der Waals surface area contributed by atoms with Crippen LogP contribution in [0, 0.1) is 0 Å². The van der Waals surface area contributed by atoms with Crippen molar-refractivity contribution in [3.05, 3.63) is 77.9 Å². The molecule has 3 N–H and O–H groups in total. The average Bonchev–Trinajstić information content (AvgIpc) is 3.44. The van der Waals surface area contributed by atoms with E-state index in [4.69, 9.17) is 14.5 Å². The Morgan fingerprint density at radius 3 is 2.52 bits per heavy atom. The van der Waals surface area contributed by atoms with Gasteiger partial charge in [-0.25, -0.2) is 4.98 Å². The number of fused-ring (bicyclic) bond motifs is 3. The number of imidazole rings is 1. The maximum absolute atomic E-state index is 6.00. The average molecular weight is 417 g/mol. The summed E-state index contributed by atoms with van der Waals surface area (Å²) in [6.07, 6.45) is 2.44. The molecule has 0 saturated heterocycles. The summed E-state index contributed by atoms with van der Waals surface area (Å²) in [5, 5.41) is 4.99. The Balaban J connectivity index is 1.54. The molecular formula is C25H28N4O2. The standard InChI is InChI=1S/C25H28N4O2/c1-3-30-25(31-4-2)23-22-18(17-12-8-9-13-19(17)27-22)14-20(28-23)24-26-15-21(29-24)16-10-6-5-7-11-16/h5-13,15,20,23,25,27-28H,3-4,14H2,1-2H3,(H,26,29)/t20?,23-/m1/s1. The molecule has 4 aromatic rings. The Hall–Kier alpha value is -2.93. The van der Waals surface area contributed by atoms with Crippen molar-refractivity contribution in [2.75, 3.05) is 13.2 Å². The van der Waals surface area contributed by atoms with E-state index in [1.807, 2.05) is 38.2 Å².